The molecule has 0 fully saturated rings. The Hall–Kier alpha value is -3.78. The summed E-state index contributed by atoms with van der Waals surface area (Å²) in [4.78, 5) is 29.5. The van der Waals surface area contributed by atoms with Gasteiger partial charge in [-0.3, -0.25) is 4.79 Å². The van der Waals surface area contributed by atoms with Crippen LogP contribution in [-0.2, 0) is 9.53 Å². The molecule has 0 aliphatic heterocycles. The lowest BCUT2D eigenvalue weighted by atomic mass is 10.2. The van der Waals surface area contributed by atoms with Gasteiger partial charge < -0.3 is 9.47 Å². The zero-order valence-corrected chi connectivity index (χ0v) is 19.5. The molecule has 4 rings (SSSR count). The third-order valence-corrected chi connectivity index (χ3v) is 5.52. The maximum Gasteiger partial charge on any atom is 0.346 e. The number of para-hydroxylation sites is 1. The molecular weight excluding hydrogens is 486 g/mol. The SMILES string of the molecule is COC(=O)[C@@H](C)Oc1ccc(C=Nn2c(-c3ccccc3)nc3ccccc3c2=O)cc1Br. The van der Waals surface area contributed by atoms with E-state index >= 15 is 0 Å². The van der Waals surface area contributed by atoms with Crippen molar-refractivity contribution in [2.75, 3.05) is 7.11 Å². The summed E-state index contributed by atoms with van der Waals surface area (Å²) >= 11 is 3.45. The normalized spacial score (nSPS) is 12.1. The summed E-state index contributed by atoms with van der Waals surface area (Å²) in [5.74, 6) is 0.463. The molecule has 0 saturated heterocycles. The van der Waals surface area contributed by atoms with Crippen LogP contribution in [0.25, 0.3) is 22.3 Å². The van der Waals surface area contributed by atoms with Gasteiger partial charge in [0.15, 0.2) is 11.9 Å². The van der Waals surface area contributed by atoms with Gasteiger partial charge in [0.05, 0.1) is 28.7 Å². The molecule has 1 aromatic heterocycles. The van der Waals surface area contributed by atoms with Gasteiger partial charge in [-0.2, -0.15) is 9.78 Å². The molecule has 166 valence electrons. The molecule has 0 aliphatic carbocycles. The van der Waals surface area contributed by atoms with Crippen molar-refractivity contribution in [3.63, 3.8) is 0 Å². The first-order valence-electron chi connectivity index (χ1n) is 10.1. The topological polar surface area (TPSA) is 82.8 Å². The fraction of sp³-hybridized carbons (Fsp3) is 0.120. The predicted octanol–water partition coefficient (Wildman–Crippen LogP) is 4.65. The van der Waals surface area contributed by atoms with Gasteiger partial charge >= 0.3 is 5.97 Å². The minimum absolute atomic E-state index is 0.262. The average molecular weight is 506 g/mol. The maximum atomic E-state index is 13.2. The molecule has 0 unspecified atom stereocenters. The number of methoxy groups -OCH3 is 1. The molecule has 7 nitrogen and oxygen atoms in total. The first-order valence-corrected chi connectivity index (χ1v) is 10.9. The number of esters is 1. The van der Waals surface area contributed by atoms with E-state index in [2.05, 4.69) is 30.8 Å². The van der Waals surface area contributed by atoms with Crippen molar-refractivity contribution in [2.45, 2.75) is 13.0 Å². The second-order valence-corrected chi connectivity index (χ2v) is 8.01. The van der Waals surface area contributed by atoms with Gasteiger partial charge in [-0.05, 0) is 58.7 Å². The van der Waals surface area contributed by atoms with Crippen molar-refractivity contribution in [1.82, 2.24) is 9.66 Å². The highest BCUT2D eigenvalue weighted by atomic mass is 79.9. The summed E-state index contributed by atoms with van der Waals surface area (Å²) in [6.07, 6.45) is 0.823. The van der Waals surface area contributed by atoms with Crippen molar-refractivity contribution in [3.05, 3.63) is 93.2 Å². The molecule has 0 radical (unpaired) electrons. The third-order valence-electron chi connectivity index (χ3n) is 4.90. The van der Waals surface area contributed by atoms with Gasteiger partial charge in [-0.25, -0.2) is 9.78 Å². The zero-order valence-electron chi connectivity index (χ0n) is 17.9. The number of benzene rings is 3. The predicted molar refractivity (Wildman–Crippen MR) is 131 cm³/mol. The lowest BCUT2D eigenvalue weighted by Gasteiger charge is -2.14. The Bertz CT molecular complexity index is 1400. The molecular formula is C25H20BrN3O4. The Kier molecular flexibility index (Phi) is 6.65. The van der Waals surface area contributed by atoms with Gasteiger partial charge in [-0.15, -0.1) is 0 Å². The average Bonchev–Trinajstić information content (AvgIpc) is 2.84. The van der Waals surface area contributed by atoms with Crippen molar-refractivity contribution < 1.29 is 14.3 Å². The van der Waals surface area contributed by atoms with E-state index in [1.54, 1.807) is 43.5 Å². The second-order valence-electron chi connectivity index (χ2n) is 7.15. The van der Waals surface area contributed by atoms with Gasteiger partial charge in [0, 0.05) is 5.56 Å². The van der Waals surface area contributed by atoms with Crippen molar-refractivity contribution in [3.8, 4) is 17.1 Å². The number of ether oxygens (including phenoxy) is 2. The second kappa shape index (κ2) is 9.79. The molecule has 0 aliphatic rings. The molecule has 33 heavy (non-hydrogen) atoms. The van der Waals surface area contributed by atoms with E-state index < -0.39 is 12.1 Å². The van der Waals surface area contributed by atoms with Crippen LogP contribution in [0.2, 0.25) is 0 Å². The van der Waals surface area contributed by atoms with E-state index in [1.807, 2.05) is 42.5 Å². The summed E-state index contributed by atoms with van der Waals surface area (Å²) in [5.41, 5.74) is 1.84. The largest absolute Gasteiger partial charge is 0.478 e. The highest BCUT2D eigenvalue weighted by Gasteiger charge is 2.16. The number of hydrogen-bond donors (Lipinski definition) is 0. The molecule has 1 atom stereocenters. The summed E-state index contributed by atoms with van der Waals surface area (Å²) < 4.78 is 12.2. The minimum atomic E-state index is -0.749. The van der Waals surface area contributed by atoms with Crippen LogP contribution >= 0.6 is 15.9 Å². The number of rotatable bonds is 6. The summed E-state index contributed by atoms with van der Waals surface area (Å²) in [6.45, 7) is 1.61. The highest BCUT2D eigenvalue weighted by Crippen LogP contribution is 2.27. The van der Waals surface area contributed by atoms with Crippen LogP contribution in [0.3, 0.4) is 0 Å². The zero-order chi connectivity index (χ0) is 23.4. The Morgan fingerprint density at radius 2 is 1.82 bits per heavy atom. The summed E-state index contributed by atoms with van der Waals surface area (Å²) in [7, 11) is 1.31. The quantitative estimate of drug-likeness (QED) is 0.281. The van der Waals surface area contributed by atoms with Crippen molar-refractivity contribution >= 4 is 39.0 Å². The van der Waals surface area contributed by atoms with Gasteiger partial charge in [0.1, 0.15) is 5.75 Å². The van der Waals surface area contributed by atoms with Gasteiger partial charge in [0.25, 0.3) is 5.56 Å². The van der Waals surface area contributed by atoms with E-state index in [9.17, 15) is 9.59 Å². The molecule has 1 heterocycles. The Balaban J connectivity index is 1.72. The Morgan fingerprint density at radius 1 is 1.09 bits per heavy atom. The van der Waals surface area contributed by atoms with E-state index in [1.165, 1.54) is 11.8 Å². The van der Waals surface area contributed by atoms with E-state index in [4.69, 9.17) is 4.74 Å². The lowest BCUT2D eigenvalue weighted by molar-refractivity contribution is -0.147. The standard InChI is InChI=1S/C25H20BrN3O4/c1-16(25(31)32-2)33-22-13-12-17(14-20(22)26)15-27-29-23(18-8-4-3-5-9-18)28-21-11-7-6-10-19(21)24(29)30/h3-16H,1-2H3/t16-/m1/s1. The number of fused-ring (bicyclic) bond motifs is 1. The van der Waals surface area contributed by atoms with Crippen LogP contribution < -0.4 is 10.3 Å². The minimum Gasteiger partial charge on any atom is -0.478 e. The number of halogens is 1. The molecule has 0 bridgehead atoms. The number of carbonyl (C=O) groups excluding carboxylic acids is 1. The molecule has 0 spiro atoms. The molecule has 0 amide bonds. The fourth-order valence-corrected chi connectivity index (χ4v) is 3.72. The summed E-state index contributed by atoms with van der Waals surface area (Å²) in [5, 5.41) is 4.94. The first-order chi connectivity index (χ1) is 16.0. The first kappa shape index (κ1) is 22.4. The molecule has 0 N–H and O–H groups in total. The lowest BCUT2D eigenvalue weighted by Crippen LogP contribution is -2.25. The van der Waals surface area contributed by atoms with Crippen LogP contribution in [0, 0.1) is 0 Å². The van der Waals surface area contributed by atoms with Crippen LogP contribution in [0.5, 0.6) is 5.75 Å². The van der Waals surface area contributed by atoms with E-state index in [0.717, 1.165) is 11.1 Å². The molecule has 0 saturated carbocycles. The highest BCUT2D eigenvalue weighted by molar-refractivity contribution is 9.10. The Labute approximate surface area is 198 Å². The van der Waals surface area contributed by atoms with E-state index in [-0.39, 0.29) is 5.56 Å². The summed E-state index contributed by atoms with van der Waals surface area (Å²) in [6, 6.07) is 21.9. The molecule has 3 aromatic carbocycles. The smallest absolute Gasteiger partial charge is 0.346 e. The monoisotopic (exact) mass is 505 g/mol. The van der Waals surface area contributed by atoms with Crippen molar-refractivity contribution in [2.24, 2.45) is 5.10 Å². The Morgan fingerprint density at radius 3 is 2.55 bits per heavy atom. The fourth-order valence-electron chi connectivity index (χ4n) is 3.23. The number of hydrogen-bond acceptors (Lipinski definition) is 6. The van der Waals surface area contributed by atoms with E-state index in [0.29, 0.717) is 26.9 Å². The van der Waals surface area contributed by atoms with Crippen LogP contribution in [0.4, 0.5) is 0 Å². The molecule has 4 aromatic rings. The van der Waals surface area contributed by atoms with Crippen molar-refractivity contribution in [1.29, 1.82) is 0 Å². The number of carbonyl (C=O) groups is 1. The maximum absolute atomic E-state index is 13.2. The molecule has 8 heteroatoms. The number of nitrogens with zero attached hydrogens (tertiary/aromatic N) is 3. The van der Waals surface area contributed by atoms with Gasteiger partial charge in [0.2, 0.25) is 0 Å². The van der Waals surface area contributed by atoms with Crippen LogP contribution in [0.15, 0.2) is 87.2 Å². The van der Waals surface area contributed by atoms with Crippen LogP contribution in [-0.4, -0.2) is 35.1 Å². The number of aromatic nitrogens is 2. The van der Waals surface area contributed by atoms with Crippen LogP contribution in [0.1, 0.15) is 12.5 Å². The third kappa shape index (κ3) is 4.85. The van der Waals surface area contributed by atoms with Gasteiger partial charge in [-0.1, -0.05) is 42.5 Å².